The molecule has 0 unspecified atom stereocenters. The fraction of sp³-hybridized carbons (Fsp3) is 0.417. The summed E-state index contributed by atoms with van der Waals surface area (Å²) in [5.74, 6) is 2.25. The number of ether oxygens (including phenoxy) is 2. The van der Waals surface area contributed by atoms with Gasteiger partial charge < -0.3 is 25.4 Å². The highest BCUT2D eigenvalue weighted by atomic mass is 16.5. The van der Waals surface area contributed by atoms with Crippen LogP contribution in [0.2, 0.25) is 0 Å². The van der Waals surface area contributed by atoms with Gasteiger partial charge in [-0.15, -0.1) is 0 Å². The fourth-order valence-corrected chi connectivity index (χ4v) is 3.14. The molecule has 0 heterocycles. The summed E-state index contributed by atoms with van der Waals surface area (Å²) in [6.07, 6.45) is 3.01. The van der Waals surface area contributed by atoms with Gasteiger partial charge in [0.05, 0.1) is 7.11 Å². The smallest absolute Gasteiger partial charge is 0.258 e. The van der Waals surface area contributed by atoms with Crippen molar-refractivity contribution in [2.45, 2.75) is 38.8 Å². The molecular formula is C24H32N4O3. The van der Waals surface area contributed by atoms with Crippen LogP contribution in [-0.4, -0.2) is 45.2 Å². The molecule has 0 saturated heterocycles. The number of rotatable bonds is 10. The number of hydrogen-bond acceptors (Lipinski definition) is 4. The largest absolute Gasteiger partial charge is 0.496 e. The van der Waals surface area contributed by atoms with E-state index >= 15 is 0 Å². The maximum Gasteiger partial charge on any atom is 0.258 e. The number of aryl methyl sites for hydroxylation is 1. The summed E-state index contributed by atoms with van der Waals surface area (Å²) in [6.45, 7) is 3.44. The van der Waals surface area contributed by atoms with Gasteiger partial charge in [0.15, 0.2) is 12.6 Å². The Morgan fingerprint density at radius 1 is 1.13 bits per heavy atom. The zero-order chi connectivity index (χ0) is 22.1. The third-order valence-corrected chi connectivity index (χ3v) is 5.07. The number of methoxy groups -OCH3 is 1. The minimum atomic E-state index is -0.0678. The van der Waals surface area contributed by atoms with Gasteiger partial charge in [-0.25, -0.2) is 0 Å². The number of benzene rings is 2. The molecule has 0 atom stereocenters. The SMILES string of the molecule is CN=C(NCCc1ccc(C)c(OC)c1)NCc1cccc(OCC(=O)NC2CC2)c1. The molecule has 3 N–H and O–H groups in total. The highest BCUT2D eigenvalue weighted by Gasteiger charge is 2.23. The van der Waals surface area contributed by atoms with Gasteiger partial charge in [0.25, 0.3) is 5.91 Å². The number of amides is 1. The molecule has 7 heteroatoms. The summed E-state index contributed by atoms with van der Waals surface area (Å²) in [5.41, 5.74) is 3.39. The first-order valence-electron chi connectivity index (χ1n) is 10.7. The number of carbonyl (C=O) groups excluding carboxylic acids is 1. The van der Waals surface area contributed by atoms with Crippen LogP contribution in [-0.2, 0) is 17.8 Å². The maximum absolute atomic E-state index is 11.8. The lowest BCUT2D eigenvalue weighted by molar-refractivity contribution is -0.123. The molecule has 1 amide bonds. The first kappa shape index (κ1) is 22.5. The summed E-state index contributed by atoms with van der Waals surface area (Å²) in [7, 11) is 3.45. The Hall–Kier alpha value is -3.22. The summed E-state index contributed by atoms with van der Waals surface area (Å²) in [5, 5.41) is 9.56. The zero-order valence-electron chi connectivity index (χ0n) is 18.5. The van der Waals surface area contributed by atoms with Crippen molar-refractivity contribution in [1.82, 2.24) is 16.0 Å². The number of guanidine groups is 1. The molecule has 1 aliphatic rings. The second-order valence-electron chi connectivity index (χ2n) is 7.68. The van der Waals surface area contributed by atoms with Crippen LogP contribution in [0.4, 0.5) is 0 Å². The molecule has 1 saturated carbocycles. The average molecular weight is 425 g/mol. The van der Waals surface area contributed by atoms with Crippen LogP contribution in [0.25, 0.3) is 0 Å². The van der Waals surface area contributed by atoms with E-state index < -0.39 is 0 Å². The third-order valence-electron chi connectivity index (χ3n) is 5.07. The second kappa shape index (κ2) is 11.2. The predicted octanol–water partition coefficient (Wildman–Crippen LogP) is 2.57. The van der Waals surface area contributed by atoms with Gasteiger partial charge in [0.2, 0.25) is 0 Å². The molecule has 1 fully saturated rings. The van der Waals surface area contributed by atoms with Gasteiger partial charge in [-0.1, -0.05) is 24.3 Å². The fourth-order valence-electron chi connectivity index (χ4n) is 3.14. The highest BCUT2D eigenvalue weighted by Crippen LogP contribution is 2.19. The van der Waals surface area contributed by atoms with Gasteiger partial charge in [-0.05, 0) is 61.1 Å². The van der Waals surface area contributed by atoms with Crippen LogP contribution < -0.4 is 25.4 Å². The molecule has 2 aromatic carbocycles. The third kappa shape index (κ3) is 7.51. The molecular weight excluding hydrogens is 392 g/mol. The molecule has 2 aromatic rings. The Balaban J connectivity index is 1.42. The lowest BCUT2D eigenvalue weighted by Gasteiger charge is -2.13. The number of aliphatic imine (C=N–C) groups is 1. The normalized spacial score (nSPS) is 13.5. The van der Waals surface area contributed by atoms with Crippen molar-refractivity contribution in [3.8, 4) is 11.5 Å². The topological polar surface area (TPSA) is 84.0 Å². The van der Waals surface area contributed by atoms with Gasteiger partial charge in [-0.2, -0.15) is 0 Å². The van der Waals surface area contributed by atoms with E-state index in [1.165, 1.54) is 5.56 Å². The standard InChI is InChI=1S/C24H32N4O3/c1-17-7-8-18(14-22(17)30-3)11-12-26-24(25-2)27-15-19-5-4-6-21(13-19)31-16-23(29)28-20-9-10-20/h4-8,13-14,20H,9-12,15-16H2,1-3H3,(H,28,29)(H2,25,26,27). The number of nitrogens with one attached hydrogen (secondary N) is 3. The van der Waals surface area contributed by atoms with Crippen LogP contribution in [0.3, 0.4) is 0 Å². The molecule has 31 heavy (non-hydrogen) atoms. The van der Waals surface area contributed by atoms with Crippen molar-refractivity contribution < 1.29 is 14.3 Å². The van der Waals surface area contributed by atoms with E-state index in [9.17, 15) is 4.79 Å². The molecule has 1 aliphatic carbocycles. The quantitative estimate of drug-likeness (QED) is 0.403. The molecule has 0 spiro atoms. The molecule has 0 radical (unpaired) electrons. The molecule has 0 aromatic heterocycles. The zero-order valence-corrected chi connectivity index (χ0v) is 18.5. The van der Waals surface area contributed by atoms with E-state index in [2.05, 4.69) is 39.1 Å². The minimum Gasteiger partial charge on any atom is -0.496 e. The number of carbonyl (C=O) groups is 1. The van der Waals surface area contributed by atoms with Crippen LogP contribution >= 0.6 is 0 Å². The maximum atomic E-state index is 11.8. The first-order valence-corrected chi connectivity index (χ1v) is 10.7. The van der Waals surface area contributed by atoms with Crippen molar-refractivity contribution in [1.29, 1.82) is 0 Å². The van der Waals surface area contributed by atoms with E-state index in [4.69, 9.17) is 9.47 Å². The van der Waals surface area contributed by atoms with Crippen LogP contribution in [0.1, 0.15) is 29.5 Å². The lowest BCUT2D eigenvalue weighted by atomic mass is 10.1. The summed E-state index contributed by atoms with van der Waals surface area (Å²) >= 11 is 0. The Morgan fingerprint density at radius 2 is 1.97 bits per heavy atom. The highest BCUT2D eigenvalue weighted by molar-refractivity contribution is 5.79. The van der Waals surface area contributed by atoms with E-state index in [0.29, 0.717) is 18.3 Å². The van der Waals surface area contributed by atoms with Crippen molar-refractivity contribution in [3.63, 3.8) is 0 Å². The van der Waals surface area contributed by atoms with Gasteiger partial charge in [0, 0.05) is 26.2 Å². The van der Waals surface area contributed by atoms with Crippen LogP contribution in [0.5, 0.6) is 11.5 Å². The second-order valence-corrected chi connectivity index (χ2v) is 7.68. The van der Waals surface area contributed by atoms with E-state index in [1.54, 1.807) is 14.2 Å². The van der Waals surface area contributed by atoms with Crippen LogP contribution in [0, 0.1) is 6.92 Å². The minimum absolute atomic E-state index is 0.0421. The Morgan fingerprint density at radius 3 is 2.71 bits per heavy atom. The summed E-state index contributed by atoms with van der Waals surface area (Å²) in [6, 6.07) is 14.3. The van der Waals surface area contributed by atoms with E-state index in [1.807, 2.05) is 31.2 Å². The Labute approximate surface area is 184 Å². The lowest BCUT2D eigenvalue weighted by Crippen LogP contribution is -2.37. The van der Waals surface area contributed by atoms with Crippen molar-refractivity contribution >= 4 is 11.9 Å². The van der Waals surface area contributed by atoms with Crippen molar-refractivity contribution in [2.75, 3.05) is 27.3 Å². The average Bonchev–Trinajstić information content (AvgIpc) is 3.60. The molecule has 0 bridgehead atoms. The summed E-state index contributed by atoms with van der Waals surface area (Å²) in [4.78, 5) is 16.1. The molecule has 166 valence electrons. The van der Waals surface area contributed by atoms with Crippen molar-refractivity contribution in [2.24, 2.45) is 4.99 Å². The Kier molecular flexibility index (Phi) is 8.15. The Bertz CT molecular complexity index is 909. The predicted molar refractivity (Wildman–Crippen MR) is 123 cm³/mol. The molecule has 7 nitrogen and oxygen atoms in total. The first-order chi connectivity index (χ1) is 15.1. The van der Waals surface area contributed by atoms with E-state index in [-0.39, 0.29) is 12.5 Å². The van der Waals surface area contributed by atoms with Crippen molar-refractivity contribution in [3.05, 3.63) is 59.2 Å². The van der Waals surface area contributed by atoms with E-state index in [0.717, 1.165) is 48.6 Å². The number of nitrogens with zero attached hydrogens (tertiary/aromatic N) is 1. The van der Waals surface area contributed by atoms with Crippen LogP contribution in [0.15, 0.2) is 47.5 Å². The molecule has 0 aliphatic heterocycles. The molecule has 3 rings (SSSR count). The summed E-state index contributed by atoms with van der Waals surface area (Å²) < 4.78 is 11.0. The van der Waals surface area contributed by atoms with Gasteiger partial charge >= 0.3 is 0 Å². The van der Waals surface area contributed by atoms with Gasteiger partial charge in [0.1, 0.15) is 11.5 Å². The van der Waals surface area contributed by atoms with Gasteiger partial charge in [-0.3, -0.25) is 9.79 Å². The number of hydrogen-bond donors (Lipinski definition) is 3. The monoisotopic (exact) mass is 424 g/mol.